The van der Waals surface area contributed by atoms with Crippen molar-refractivity contribution < 1.29 is 8.78 Å². The summed E-state index contributed by atoms with van der Waals surface area (Å²) in [6.07, 6.45) is 9.85. The van der Waals surface area contributed by atoms with Crippen molar-refractivity contribution in [2.24, 2.45) is 29.1 Å². The molecule has 1 aliphatic heterocycles. The van der Waals surface area contributed by atoms with Crippen LogP contribution in [0.5, 0.6) is 0 Å². The van der Waals surface area contributed by atoms with Crippen molar-refractivity contribution in [3.05, 3.63) is 46.6 Å². The van der Waals surface area contributed by atoms with Gasteiger partial charge < -0.3 is 16.0 Å². The second-order valence-electron chi connectivity index (χ2n) is 13.2. The molecule has 4 saturated carbocycles. The molecular formula is C32H42ClF2N7. The molecule has 4 aliphatic carbocycles. The summed E-state index contributed by atoms with van der Waals surface area (Å²) in [5.41, 5.74) is 1.65. The average molecular weight is 598 g/mol. The molecule has 3 N–H and O–H groups in total. The lowest BCUT2D eigenvalue weighted by Gasteiger charge is -2.60. The number of rotatable bonds is 12. The zero-order valence-corrected chi connectivity index (χ0v) is 24.9. The molecule has 226 valence electrons. The highest BCUT2D eigenvalue weighted by Gasteiger charge is 2.55. The van der Waals surface area contributed by atoms with Gasteiger partial charge in [-0.15, -0.1) is 0 Å². The first-order valence-corrected chi connectivity index (χ1v) is 15.9. The third-order valence-corrected chi connectivity index (χ3v) is 10.9. The second kappa shape index (κ2) is 13.0. The second-order valence-corrected chi connectivity index (χ2v) is 13.6. The Hall–Kier alpha value is -2.54. The highest BCUT2D eigenvalue weighted by molar-refractivity contribution is 6.31. The predicted octanol–water partition coefficient (Wildman–Crippen LogP) is 5.83. The van der Waals surface area contributed by atoms with Crippen LogP contribution in [0.1, 0.15) is 56.1 Å². The van der Waals surface area contributed by atoms with Gasteiger partial charge in [-0.1, -0.05) is 29.8 Å². The molecular weight excluding hydrogens is 556 g/mol. The van der Waals surface area contributed by atoms with Crippen molar-refractivity contribution in [1.29, 1.82) is 5.26 Å². The number of likely N-dealkylation sites (tertiary alicyclic amines) is 1. The van der Waals surface area contributed by atoms with E-state index in [2.05, 4.69) is 32.0 Å². The van der Waals surface area contributed by atoms with Crippen LogP contribution >= 0.6 is 11.6 Å². The Kier molecular flexibility index (Phi) is 9.13. The van der Waals surface area contributed by atoms with Crippen LogP contribution in [0.2, 0.25) is 5.02 Å². The molecule has 0 radical (unpaired) electrons. The molecule has 0 amide bonds. The topological polar surface area (TPSA) is 88.9 Å². The van der Waals surface area contributed by atoms with Gasteiger partial charge in [-0.2, -0.15) is 10.2 Å². The number of benzene rings is 1. The van der Waals surface area contributed by atoms with Crippen molar-refractivity contribution in [2.45, 2.75) is 63.6 Å². The maximum Gasteiger partial charge on any atom is 0.224 e. The summed E-state index contributed by atoms with van der Waals surface area (Å²) in [6, 6.07) is 9.93. The van der Waals surface area contributed by atoms with Gasteiger partial charge in [0.15, 0.2) is 0 Å². The molecule has 5 atom stereocenters. The maximum absolute atomic E-state index is 13.1. The van der Waals surface area contributed by atoms with E-state index in [1.807, 2.05) is 29.2 Å². The van der Waals surface area contributed by atoms with Gasteiger partial charge in [0, 0.05) is 24.2 Å². The number of hydrogen-bond donors (Lipinski definition) is 3. The van der Waals surface area contributed by atoms with Crippen molar-refractivity contribution in [3.63, 3.8) is 0 Å². The first-order chi connectivity index (χ1) is 20.5. The lowest BCUT2D eigenvalue weighted by atomic mass is 9.48. The smallest absolute Gasteiger partial charge is 0.224 e. The predicted molar refractivity (Wildman–Crippen MR) is 162 cm³/mol. The zero-order valence-electron chi connectivity index (χ0n) is 24.2. The van der Waals surface area contributed by atoms with Gasteiger partial charge in [0.2, 0.25) is 5.95 Å². The van der Waals surface area contributed by atoms with Crippen LogP contribution < -0.4 is 16.0 Å². The van der Waals surface area contributed by atoms with Gasteiger partial charge in [-0.25, -0.2) is 13.8 Å². The minimum absolute atomic E-state index is 0.233. The average Bonchev–Trinajstić information content (AvgIpc) is 3.00. The number of halogens is 3. The number of nitrogens with zero attached hydrogens (tertiary/aromatic N) is 4. The minimum atomic E-state index is -0.598. The van der Waals surface area contributed by atoms with Gasteiger partial charge >= 0.3 is 0 Å². The molecule has 10 heteroatoms. The van der Waals surface area contributed by atoms with Crippen LogP contribution in [0.4, 0.5) is 20.5 Å². The Labute approximate surface area is 252 Å². The van der Waals surface area contributed by atoms with E-state index in [1.165, 1.54) is 32.1 Å². The van der Waals surface area contributed by atoms with E-state index < -0.39 is 19.4 Å². The van der Waals surface area contributed by atoms with Gasteiger partial charge in [-0.05, 0) is 105 Å². The Morgan fingerprint density at radius 2 is 1.81 bits per heavy atom. The summed E-state index contributed by atoms with van der Waals surface area (Å²) in [4.78, 5) is 11.0. The molecule has 1 saturated heterocycles. The quantitative estimate of drug-likeness (QED) is 0.284. The normalized spacial score (nSPS) is 29.1. The van der Waals surface area contributed by atoms with E-state index in [9.17, 15) is 14.0 Å². The van der Waals surface area contributed by atoms with E-state index in [0.717, 1.165) is 50.5 Å². The van der Waals surface area contributed by atoms with Crippen molar-refractivity contribution in [3.8, 4) is 6.07 Å². The van der Waals surface area contributed by atoms with E-state index in [1.54, 1.807) is 6.20 Å². The molecule has 7 rings (SSSR count). The number of anilines is 2. The van der Waals surface area contributed by atoms with Crippen LogP contribution in [0.15, 0.2) is 30.5 Å². The number of aromatic nitrogens is 2. The zero-order chi connectivity index (χ0) is 29.1. The fraction of sp³-hybridized carbons (Fsp3) is 0.656. The standard InChI is InChI=1S/C32H42ClF2N7/c33-28-4-2-1-3-23(28)18-38-31-39-19-26(16-36)30(41-31)40-20-32-11-22-9-24(12-32)29(25(10-22)13-32)37-17-21-5-7-42(8-6-21)27(14-34)15-35/h1-4,19,21-22,24-25,27,29,37H,5-15,17-18,20H2,(H2,38,39,40,41)/t22?,24-,25+,29-,32-. The first kappa shape index (κ1) is 29.5. The molecule has 5 fully saturated rings. The summed E-state index contributed by atoms with van der Waals surface area (Å²) in [5, 5.41) is 21.2. The lowest BCUT2D eigenvalue weighted by molar-refractivity contribution is -0.0705. The Morgan fingerprint density at radius 1 is 1.07 bits per heavy atom. The number of nitrogens with one attached hydrogen (secondary N) is 3. The van der Waals surface area contributed by atoms with Crippen molar-refractivity contribution >= 4 is 23.4 Å². The summed E-state index contributed by atoms with van der Waals surface area (Å²) >= 11 is 6.30. The Morgan fingerprint density at radius 3 is 2.50 bits per heavy atom. The van der Waals surface area contributed by atoms with E-state index in [-0.39, 0.29) is 5.41 Å². The molecule has 2 aromatic rings. The fourth-order valence-electron chi connectivity index (χ4n) is 8.57. The minimum Gasteiger partial charge on any atom is -0.368 e. The van der Waals surface area contributed by atoms with Gasteiger partial charge in [0.05, 0.1) is 12.2 Å². The van der Waals surface area contributed by atoms with Crippen LogP contribution in [-0.4, -0.2) is 66.5 Å². The SMILES string of the molecule is N#Cc1cnc(NCc2ccccc2Cl)nc1NC[C@]12CC3C[C@H](C1)[C@@H](NCC1CCN(C(CF)CF)CC1)[C@@H](C3)C2. The number of alkyl halides is 2. The van der Waals surface area contributed by atoms with E-state index in [0.29, 0.717) is 52.7 Å². The highest BCUT2D eigenvalue weighted by Crippen LogP contribution is 2.60. The Bertz CT molecular complexity index is 1240. The Balaban J connectivity index is 1.04. The number of nitriles is 1. The van der Waals surface area contributed by atoms with Crippen LogP contribution in [0.25, 0.3) is 0 Å². The van der Waals surface area contributed by atoms with Crippen molar-refractivity contribution in [2.75, 3.05) is 50.2 Å². The summed E-state index contributed by atoms with van der Waals surface area (Å²) in [7, 11) is 0. The summed E-state index contributed by atoms with van der Waals surface area (Å²) in [5.74, 6) is 3.77. The largest absolute Gasteiger partial charge is 0.368 e. The van der Waals surface area contributed by atoms with Gasteiger partial charge in [0.25, 0.3) is 0 Å². The fourth-order valence-corrected chi connectivity index (χ4v) is 8.78. The maximum atomic E-state index is 13.1. The van der Waals surface area contributed by atoms with Crippen LogP contribution in [-0.2, 0) is 6.54 Å². The molecule has 42 heavy (non-hydrogen) atoms. The number of piperidine rings is 1. The molecule has 5 aliphatic rings. The van der Waals surface area contributed by atoms with Crippen molar-refractivity contribution in [1.82, 2.24) is 20.2 Å². The van der Waals surface area contributed by atoms with Crippen LogP contribution in [0.3, 0.4) is 0 Å². The molecule has 0 spiro atoms. The first-order valence-electron chi connectivity index (χ1n) is 15.6. The molecule has 4 bridgehead atoms. The molecule has 1 aromatic carbocycles. The van der Waals surface area contributed by atoms with Crippen LogP contribution in [0, 0.1) is 40.4 Å². The third kappa shape index (κ3) is 6.36. The molecule has 7 nitrogen and oxygen atoms in total. The highest BCUT2D eigenvalue weighted by atomic mass is 35.5. The molecule has 1 unspecified atom stereocenters. The lowest BCUT2D eigenvalue weighted by Crippen LogP contribution is -2.60. The number of hydrogen-bond acceptors (Lipinski definition) is 7. The van der Waals surface area contributed by atoms with Gasteiger partial charge in [0.1, 0.15) is 30.8 Å². The summed E-state index contributed by atoms with van der Waals surface area (Å²) < 4.78 is 26.2. The van der Waals surface area contributed by atoms with E-state index >= 15 is 0 Å². The molecule has 2 heterocycles. The summed E-state index contributed by atoms with van der Waals surface area (Å²) in [6.45, 7) is 2.73. The monoisotopic (exact) mass is 597 g/mol. The molecule has 1 aromatic heterocycles. The van der Waals surface area contributed by atoms with Gasteiger partial charge in [-0.3, -0.25) is 4.90 Å². The third-order valence-electron chi connectivity index (χ3n) is 10.5. The van der Waals surface area contributed by atoms with E-state index in [4.69, 9.17) is 11.6 Å².